The molecule has 0 radical (unpaired) electrons. The standard InChI is InChI=1S/C23H22N2O6S/c1-16(26)31-15-17-10-12-18(13-11-17)23(27)24-19-6-5-7-20(14-19)32(28,29)25-21-8-3-4-9-22(21)30-2/h3-14,25H,15H2,1-2H3,(H,24,27). The minimum atomic E-state index is -3.91. The molecule has 0 aromatic heterocycles. The van der Waals surface area contributed by atoms with E-state index in [1.165, 1.54) is 32.2 Å². The van der Waals surface area contributed by atoms with Crippen molar-refractivity contribution in [1.82, 2.24) is 0 Å². The molecule has 0 aliphatic heterocycles. The van der Waals surface area contributed by atoms with Crippen molar-refractivity contribution in [3.8, 4) is 5.75 Å². The molecule has 0 aliphatic carbocycles. The smallest absolute Gasteiger partial charge is 0.302 e. The van der Waals surface area contributed by atoms with E-state index >= 15 is 0 Å². The lowest BCUT2D eigenvalue weighted by atomic mass is 10.1. The number of sulfonamides is 1. The summed E-state index contributed by atoms with van der Waals surface area (Å²) in [4.78, 5) is 23.4. The van der Waals surface area contributed by atoms with Gasteiger partial charge in [-0.25, -0.2) is 8.42 Å². The molecule has 0 spiro atoms. The summed E-state index contributed by atoms with van der Waals surface area (Å²) in [5.41, 5.74) is 1.74. The largest absolute Gasteiger partial charge is 0.495 e. The number of esters is 1. The number of rotatable bonds is 8. The van der Waals surface area contributed by atoms with Crippen LogP contribution in [-0.4, -0.2) is 27.4 Å². The molecule has 3 aromatic carbocycles. The molecule has 0 saturated carbocycles. The molecule has 9 heteroatoms. The zero-order chi connectivity index (χ0) is 23.1. The first kappa shape index (κ1) is 22.8. The van der Waals surface area contributed by atoms with E-state index in [9.17, 15) is 18.0 Å². The molecular formula is C23H22N2O6S. The van der Waals surface area contributed by atoms with Crippen molar-refractivity contribution in [2.75, 3.05) is 17.1 Å². The van der Waals surface area contributed by atoms with Gasteiger partial charge in [0.15, 0.2) is 0 Å². The van der Waals surface area contributed by atoms with Gasteiger partial charge in [-0.3, -0.25) is 14.3 Å². The molecule has 166 valence electrons. The Morgan fingerprint density at radius 1 is 0.938 bits per heavy atom. The van der Waals surface area contributed by atoms with Crippen LogP contribution in [0.15, 0.2) is 77.7 Å². The van der Waals surface area contributed by atoms with Crippen molar-refractivity contribution in [3.63, 3.8) is 0 Å². The van der Waals surface area contributed by atoms with Gasteiger partial charge in [-0.15, -0.1) is 0 Å². The lowest BCUT2D eigenvalue weighted by molar-refractivity contribution is -0.142. The molecule has 32 heavy (non-hydrogen) atoms. The number of carbonyl (C=O) groups excluding carboxylic acids is 2. The van der Waals surface area contributed by atoms with Gasteiger partial charge in [-0.2, -0.15) is 0 Å². The van der Waals surface area contributed by atoms with Crippen molar-refractivity contribution in [2.24, 2.45) is 0 Å². The highest BCUT2D eigenvalue weighted by Gasteiger charge is 2.17. The van der Waals surface area contributed by atoms with Crippen LogP contribution in [-0.2, 0) is 26.2 Å². The van der Waals surface area contributed by atoms with Gasteiger partial charge in [0.25, 0.3) is 15.9 Å². The zero-order valence-corrected chi connectivity index (χ0v) is 18.3. The van der Waals surface area contributed by atoms with E-state index < -0.39 is 15.9 Å². The van der Waals surface area contributed by atoms with Gasteiger partial charge in [0.1, 0.15) is 12.4 Å². The summed E-state index contributed by atoms with van der Waals surface area (Å²) >= 11 is 0. The molecule has 2 N–H and O–H groups in total. The number of methoxy groups -OCH3 is 1. The third-order valence-electron chi connectivity index (χ3n) is 4.41. The van der Waals surface area contributed by atoms with E-state index in [0.29, 0.717) is 22.7 Å². The van der Waals surface area contributed by atoms with Crippen LogP contribution in [0.1, 0.15) is 22.8 Å². The second-order valence-electron chi connectivity index (χ2n) is 6.76. The normalized spacial score (nSPS) is 10.8. The number of benzene rings is 3. The summed E-state index contributed by atoms with van der Waals surface area (Å²) in [6, 6.07) is 19.1. The van der Waals surface area contributed by atoms with Crippen LogP contribution in [0.3, 0.4) is 0 Å². The van der Waals surface area contributed by atoms with Crippen LogP contribution in [0.4, 0.5) is 11.4 Å². The molecule has 3 aromatic rings. The van der Waals surface area contributed by atoms with Crippen molar-refractivity contribution in [1.29, 1.82) is 0 Å². The fourth-order valence-corrected chi connectivity index (χ4v) is 3.93. The summed E-state index contributed by atoms with van der Waals surface area (Å²) in [6.07, 6.45) is 0. The van der Waals surface area contributed by atoms with E-state index in [1.807, 2.05) is 0 Å². The van der Waals surface area contributed by atoms with Crippen LogP contribution >= 0.6 is 0 Å². The van der Waals surface area contributed by atoms with Gasteiger partial charge in [-0.1, -0.05) is 30.3 Å². The Bertz CT molecular complexity index is 1220. The van der Waals surface area contributed by atoms with E-state index in [1.54, 1.807) is 54.6 Å². The summed E-state index contributed by atoms with van der Waals surface area (Å²) in [7, 11) is -2.46. The van der Waals surface area contributed by atoms with Gasteiger partial charge in [0, 0.05) is 18.2 Å². The Kier molecular flexibility index (Phi) is 7.11. The topological polar surface area (TPSA) is 111 Å². The number of ether oxygens (including phenoxy) is 2. The lowest BCUT2D eigenvalue weighted by Crippen LogP contribution is -2.15. The van der Waals surface area contributed by atoms with Crippen LogP contribution in [0.2, 0.25) is 0 Å². The molecule has 0 unspecified atom stereocenters. The average molecular weight is 455 g/mol. The number of nitrogens with one attached hydrogen (secondary N) is 2. The number of para-hydroxylation sites is 2. The maximum atomic E-state index is 12.8. The second kappa shape index (κ2) is 9.97. The summed E-state index contributed by atoms with van der Waals surface area (Å²) in [5.74, 6) is -0.407. The van der Waals surface area contributed by atoms with E-state index in [-0.39, 0.29) is 17.5 Å². The maximum absolute atomic E-state index is 12.8. The molecule has 0 heterocycles. The summed E-state index contributed by atoms with van der Waals surface area (Å²) in [6.45, 7) is 1.44. The van der Waals surface area contributed by atoms with Crippen molar-refractivity contribution < 1.29 is 27.5 Å². The predicted octanol–water partition coefficient (Wildman–Crippen LogP) is 3.81. The molecule has 1 amide bonds. The lowest BCUT2D eigenvalue weighted by Gasteiger charge is -2.13. The molecule has 0 aliphatic rings. The molecule has 0 bridgehead atoms. The fraction of sp³-hybridized carbons (Fsp3) is 0.130. The highest BCUT2D eigenvalue weighted by molar-refractivity contribution is 7.92. The second-order valence-corrected chi connectivity index (χ2v) is 8.45. The molecule has 3 rings (SSSR count). The van der Waals surface area contributed by atoms with Crippen molar-refractivity contribution >= 4 is 33.3 Å². The predicted molar refractivity (Wildman–Crippen MR) is 120 cm³/mol. The first-order valence-corrected chi connectivity index (χ1v) is 11.1. The van der Waals surface area contributed by atoms with Gasteiger partial charge in [0.05, 0.1) is 17.7 Å². The monoisotopic (exact) mass is 454 g/mol. The first-order valence-electron chi connectivity index (χ1n) is 9.58. The van der Waals surface area contributed by atoms with Crippen molar-refractivity contribution in [2.45, 2.75) is 18.4 Å². The Morgan fingerprint density at radius 2 is 1.66 bits per heavy atom. The quantitative estimate of drug-likeness (QED) is 0.501. The number of hydrogen-bond donors (Lipinski definition) is 2. The van der Waals surface area contributed by atoms with Crippen LogP contribution in [0.5, 0.6) is 5.75 Å². The summed E-state index contributed by atoms with van der Waals surface area (Å²) < 4.78 is 38.2. The average Bonchev–Trinajstić information content (AvgIpc) is 2.78. The van der Waals surface area contributed by atoms with Crippen LogP contribution in [0, 0.1) is 0 Å². The zero-order valence-electron chi connectivity index (χ0n) is 17.5. The van der Waals surface area contributed by atoms with E-state index in [0.717, 1.165) is 5.56 Å². The highest BCUT2D eigenvalue weighted by atomic mass is 32.2. The fourth-order valence-electron chi connectivity index (χ4n) is 2.81. The first-order chi connectivity index (χ1) is 15.3. The van der Waals surface area contributed by atoms with Crippen LogP contribution in [0.25, 0.3) is 0 Å². The van der Waals surface area contributed by atoms with Gasteiger partial charge in [0.2, 0.25) is 0 Å². The molecule has 8 nitrogen and oxygen atoms in total. The number of amides is 1. The van der Waals surface area contributed by atoms with E-state index in [2.05, 4.69) is 10.0 Å². The molecule has 0 atom stereocenters. The summed E-state index contributed by atoms with van der Waals surface area (Å²) in [5, 5.41) is 2.69. The molecule has 0 saturated heterocycles. The van der Waals surface area contributed by atoms with Crippen molar-refractivity contribution in [3.05, 3.63) is 83.9 Å². The SMILES string of the molecule is COc1ccccc1NS(=O)(=O)c1cccc(NC(=O)c2ccc(COC(C)=O)cc2)c1. The van der Waals surface area contributed by atoms with Gasteiger partial charge in [-0.05, 0) is 48.0 Å². The number of anilines is 2. The Balaban J connectivity index is 1.73. The van der Waals surface area contributed by atoms with Gasteiger partial charge < -0.3 is 14.8 Å². The molecule has 0 fully saturated rings. The minimum absolute atomic E-state index is 0.0158. The van der Waals surface area contributed by atoms with E-state index in [4.69, 9.17) is 9.47 Å². The van der Waals surface area contributed by atoms with Crippen LogP contribution < -0.4 is 14.8 Å². The third-order valence-corrected chi connectivity index (χ3v) is 5.77. The number of carbonyl (C=O) groups is 2. The van der Waals surface area contributed by atoms with Gasteiger partial charge >= 0.3 is 5.97 Å². The Hall–Kier alpha value is -3.85. The third kappa shape index (κ3) is 5.86. The minimum Gasteiger partial charge on any atom is -0.495 e. The number of hydrogen-bond acceptors (Lipinski definition) is 6. The Morgan fingerprint density at radius 3 is 2.34 bits per heavy atom. The Labute approximate surface area is 186 Å². The highest BCUT2D eigenvalue weighted by Crippen LogP contribution is 2.27. The maximum Gasteiger partial charge on any atom is 0.302 e. The molecular weight excluding hydrogens is 432 g/mol.